The maximum absolute atomic E-state index is 11.4. The van der Waals surface area contributed by atoms with E-state index in [1.54, 1.807) is 7.05 Å². The molecule has 0 aliphatic carbocycles. The van der Waals surface area contributed by atoms with Gasteiger partial charge < -0.3 is 0 Å². The molecule has 1 atom stereocenters. The molecule has 4 nitrogen and oxygen atoms in total. The summed E-state index contributed by atoms with van der Waals surface area (Å²) in [5, 5.41) is 0. The van der Waals surface area contributed by atoms with Gasteiger partial charge in [0.15, 0.2) is 0 Å². The van der Waals surface area contributed by atoms with E-state index in [4.69, 9.17) is 0 Å². The molecule has 2 rings (SSSR count). The molecular weight excluding hydrogens is 214 g/mol. The van der Waals surface area contributed by atoms with Crippen LogP contribution in [-0.2, 0) is 4.79 Å². The Kier molecular flexibility index (Phi) is 4.12. The van der Waals surface area contributed by atoms with E-state index >= 15 is 0 Å². The third-order valence-corrected chi connectivity index (χ3v) is 3.17. The summed E-state index contributed by atoms with van der Waals surface area (Å²) in [4.78, 5) is 13.6. The van der Waals surface area contributed by atoms with E-state index in [9.17, 15) is 4.79 Å². The number of nitrogens with zero attached hydrogens (tertiary/aromatic N) is 1. The Morgan fingerprint density at radius 2 is 2.18 bits per heavy atom. The smallest absolute Gasteiger partial charge is 0.248 e. The lowest BCUT2D eigenvalue weighted by Crippen LogP contribution is -2.41. The number of likely N-dealkylation sites (tertiary alicyclic amines) is 1. The van der Waals surface area contributed by atoms with Crippen LogP contribution in [0, 0.1) is 0 Å². The molecule has 1 unspecified atom stereocenters. The molecule has 1 fully saturated rings. The first-order chi connectivity index (χ1) is 8.29. The molecule has 1 aromatic carbocycles. The summed E-state index contributed by atoms with van der Waals surface area (Å²) < 4.78 is 0. The van der Waals surface area contributed by atoms with Crippen molar-refractivity contribution >= 4 is 5.91 Å². The first-order valence-electron chi connectivity index (χ1n) is 6.02. The van der Waals surface area contributed by atoms with Gasteiger partial charge in [0.05, 0.1) is 6.54 Å². The average Bonchev–Trinajstić information content (AvgIpc) is 2.79. The van der Waals surface area contributed by atoms with Crippen molar-refractivity contribution in [3.8, 4) is 0 Å². The first-order valence-corrected chi connectivity index (χ1v) is 6.02. The minimum Gasteiger partial charge on any atom is -0.294 e. The number of carbonyl (C=O) groups excluding carboxylic acids is 1. The van der Waals surface area contributed by atoms with Crippen molar-refractivity contribution in [2.75, 3.05) is 26.7 Å². The van der Waals surface area contributed by atoms with Crippen LogP contribution >= 0.6 is 0 Å². The normalized spacial score (nSPS) is 20.4. The molecule has 0 radical (unpaired) electrons. The van der Waals surface area contributed by atoms with Gasteiger partial charge in [0, 0.05) is 13.6 Å². The standard InChI is InChI=1S/C13H19N3O/c1-14-15-13(17)10-16-8-7-12(9-16)11-5-3-2-4-6-11/h2-6,12,14H,7-10H2,1H3,(H,15,17). The van der Waals surface area contributed by atoms with Crippen LogP contribution < -0.4 is 10.9 Å². The van der Waals surface area contributed by atoms with Crippen molar-refractivity contribution in [2.24, 2.45) is 0 Å². The van der Waals surface area contributed by atoms with E-state index < -0.39 is 0 Å². The van der Waals surface area contributed by atoms with E-state index in [1.165, 1.54) is 5.56 Å². The van der Waals surface area contributed by atoms with Gasteiger partial charge >= 0.3 is 0 Å². The molecule has 17 heavy (non-hydrogen) atoms. The van der Waals surface area contributed by atoms with Crippen LogP contribution in [0.25, 0.3) is 0 Å². The first kappa shape index (κ1) is 12.1. The highest BCUT2D eigenvalue weighted by molar-refractivity contribution is 5.77. The molecule has 1 amide bonds. The SMILES string of the molecule is CNNC(=O)CN1CCC(c2ccccc2)C1. The third-order valence-electron chi connectivity index (χ3n) is 3.17. The van der Waals surface area contributed by atoms with Crippen LogP contribution in [0.2, 0.25) is 0 Å². The third kappa shape index (κ3) is 3.28. The second-order valence-corrected chi connectivity index (χ2v) is 4.43. The molecule has 0 saturated carbocycles. The number of rotatable bonds is 4. The second kappa shape index (κ2) is 5.80. The monoisotopic (exact) mass is 233 g/mol. The Labute approximate surface area is 102 Å². The lowest BCUT2D eigenvalue weighted by molar-refractivity contribution is -0.122. The summed E-state index contributed by atoms with van der Waals surface area (Å²) in [5.41, 5.74) is 6.63. The Morgan fingerprint density at radius 3 is 2.88 bits per heavy atom. The van der Waals surface area contributed by atoms with Crippen molar-refractivity contribution in [3.05, 3.63) is 35.9 Å². The van der Waals surface area contributed by atoms with Crippen LogP contribution in [0.4, 0.5) is 0 Å². The number of hydrogen-bond donors (Lipinski definition) is 2. The molecule has 0 bridgehead atoms. The van der Waals surface area contributed by atoms with E-state index in [1.807, 2.05) is 6.07 Å². The lowest BCUT2D eigenvalue weighted by atomic mass is 9.99. The number of nitrogens with one attached hydrogen (secondary N) is 2. The summed E-state index contributed by atoms with van der Waals surface area (Å²) in [6.45, 7) is 2.45. The van der Waals surface area contributed by atoms with Gasteiger partial charge in [0.25, 0.3) is 0 Å². The highest BCUT2D eigenvalue weighted by Crippen LogP contribution is 2.26. The zero-order valence-electron chi connectivity index (χ0n) is 10.1. The van der Waals surface area contributed by atoms with Crippen molar-refractivity contribution < 1.29 is 4.79 Å². The number of benzene rings is 1. The quantitative estimate of drug-likeness (QED) is 0.753. The zero-order chi connectivity index (χ0) is 12.1. The van der Waals surface area contributed by atoms with E-state index in [0.717, 1.165) is 19.5 Å². The fourth-order valence-electron chi connectivity index (χ4n) is 2.36. The van der Waals surface area contributed by atoms with E-state index in [0.29, 0.717) is 12.5 Å². The van der Waals surface area contributed by atoms with Gasteiger partial charge in [-0.2, -0.15) is 0 Å². The Morgan fingerprint density at radius 1 is 1.41 bits per heavy atom. The summed E-state index contributed by atoms with van der Waals surface area (Å²) in [7, 11) is 1.70. The average molecular weight is 233 g/mol. The molecule has 1 aromatic rings. The van der Waals surface area contributed by atoms with Gasteiger partial charge in [-0.25, -0.2) is 5.43 Å². The predicted molar refractivity (Wildman–Crippen MR) is 67.4 cm³/mol. The molecule has 1 heterocycles. The van der Waals surface area contributed by atoms with Crippen LogP contribution in [0.5, 0.6) is 0 Å². The number of carbonyl (C=O) groups is 1. The van der Waals surface area contributed by atoms with Crippen molar-refractivity contribution in [2.45, 2.75) is 12.3 Å². The summed E-state index contributed by atoms with van der Waals surface area (Å²) in [6, 6.07) is 10.5. The predicted octanol–water partition coefficient (Wildman–Crippen LogP) is 0.726. The fraction of sp³-hybridized carbons (Fsp3) is 0.462. The number of amides is 1. The Balaban J connectivity index is 1.86. The Bertz CT molecular complexity index is 366. The zero-order valence-corrected chi connectivity index (χ0v) is 10.1. The molecule has 0 spiro atoms. The highest BCUT2D eigenvalue weighted by Gasteiger charge is 2.24. The number of hydrogen-bond acceptors (Lipinski definition) is 3. The highest BCUT2D eigenvalue weighted by atomic mass is 16.2. The van der Waals surface area contributed by atoms with Crippen molar-refractivity contribution in [1.82, 2.24) is 15.8 Å². The van der Waals surface area contributed by atoms with Crippen LogP contribution in [0.3, 0.4) is 0 Å². The van der Waals surface area contributed by atoms with Crippen molar-refractivity contribution in [3.63, 3.8) is 0 Å². The molecule has 1 saturated heterocycles. The fourth-order valence-corrected chi connectivity index (χ4v) is 2.36. The van der Waals surface area contributed by atoms with Crippen molar-refractivity contribution in [1.29, 1.82) is 0 Å². The summed E-state index contributed by atoms with van der Waals surface area (Å²) in [6.07, 6.45) is 1.14. The van der Waals surface area contributed by atoms with Gasteiger partial charge in [0.1, 0.15) is 0 Å². The minimum absolute atomic E-state index is 0.0289. The summed E-state index contributed by atoms with van der Waals surface area (Å²) >= 11 is 0. The molecule has 1 aliphatic rings. The molecular formula is C13H19N3O. The largest absolute Gasteiger partial charge is 0.294 e. The van der Waals surface area contributed by atoms with Gasteiger partial charge in [-0.1, -0.05) is 30.3 Å². The maximum atomic E-state index is 11.4. The van der Waals surface area contributed by atoms with E-state index in [-0.39, 0.29) is 5.91 Å². The van der Waals surface area contributed by atoms with Gasteiger partial charge in [-0.05, 0) is 24.4 Å². The second-order valence-electron chi connectivity index (χ2n) is 4.43. The Hall–Kier alpha value is -1.39. The molecule has 0 aromatic heterocycles. The molecule has 4 heteroatoms. The molecule has 92 valence electrons. The summed E-state index contributed by atoms with van der Waals surface area (Å²) in [5.74, 6) is 0.597. The lowest BCUT2D eigenvalue weighted by Gasteiger charge is -2.15. The molecule has 1 aliphatic heterocycles. The van der Waals surface area contributed by atoms with Gasteiger partial charge in [0.2, 0.25) is 5.91 Å². The topological polar surface area (TPSA) is 44.4 Å². The van der Waals surface area contributed by atoms with Gasteiger partial charge in [-0.15, -0.1) is 0 Å². The van der Waals surface area contributed by atoms with Crippen LogP contribution in [0.1, 0.15) is 17.9 Å². The van der Waals surface area contributed by atoms with Crippen LogP contribution in [0.15, 0.2) is 30.3 Å². The minimum atomic E-state index is 0.0289. The maximum Gasteiger partial charge on any atom is 0.248 e. The van der Waals surface area contributed by atoms with Gasteiger partial charge in [-0.3, -0.25) is 15.1 Å². The number of hydrazine groups is 1. The van der Waals surface area contributed by atoms with Crippen LogP contribution in [-0.4, -0.2) is 37.5 Å². The van der Waals surface area contributed by atoms with E-state index in [2.05, 4.69) is 40.0 Å². The molecule has 2 N–H and O–H groups in total.